The molecule has 2 aromatic rings. The molecule has 0 spiro atoms. The number of pyridine rings is 1. The molecule has 2 heterocycles. The lowest BCUT2D eigenvalue weighted by Gasteiger charge is -2.36. The summed E-state index contributed by atoms with van der Waals surface area (Å²) in [5.41, 5.74) is 6.87. The van der Waals surface area contributed by atoms with E-state index in [9.17, 15) is 0 Å². The zero-order chi connectivity index (χ0) is 24.2. The van der Waals surface area contributed by atoms with Crippen LogP contribution in [0.25, 0.3) is 11.1 Å². The third-order valence-electron chi connectivity index (χ3n) is 6.10. The predicted molar refractivity (Wildman–Crippen MR) is 140 cm³/mol. The molecule has 5 nitrogen and oxygen atoms in total. The van der Waals surface area contributed by atoms with Crippen molar-refractivity contribution >= 4 is 5.71 Å². The topological polar surface area (TPSA) is 55.3 Å². The zero-order valence-electron chi connectivity index (χ0n) is 21.3. The van der Waals surface area contributed by atoms with E-state index in [1.807, 2.05) is 12.4 Å². The molecule has 0 aliphatic carbocycles. The van der Waals surface area contributed by atoms with Gasteiger partial charge in [-0.05, 0) is 68.1 Å². The van der Waals surface area contributed by atoms with E-state index >= 15 is 0 Å². The van der Waals surface area contributed by atoms with Gasteiger partial charge in [0, 0.05) is 55.7 Å². The lowest BCUT2D eigenvalue weighted by atomic mass is 9.93. The molecule has 1 aliphatic heterocycles. The Morgan fingerprint density at radius 3 is 2.48 bits per heavy atom. The van der Waals surface area contributed by atoms with Crippen molar-refractivity contribution in [3.05, 3.63) is 65.6 Å². The maximum atomic E-state index is 8.85. The number of allylic oxidation sites excluding steroid dienone is 1. The van der Waals surface area contributed by atoms with Crippen molar-refractivity contribution < 1.29 is 0 Å². The van der Waals surface area contributed by atoms with Crippen LogP contribution in [0, 0.1) is 17.7 Å². The van der Waals surface area contributed by atoms with Gasteiger partial charge in [-0.2, -0.15) is 0 Å². The molecular formula is C28H41N5. The molecule has 0 saturated carbocycles. The zero-order valence-corrected chi connectivity index (χ0v) is 21.3. The molecule has 1 saturated heterocycles. The fourth-order valence-corrected chi connectivity index (χ4v) is 4.56. The summed E-state index contributed by atoms with van der Waals surface area (Å²) in [6.45, 7) is 17.4. The first-order valence-electron chi connectivity index (χ1n) is 12.0. The van der Waals surface area contributed by atoms with Crippen molar-refractivity contribution in [1.29, 1.82) is 5.41 Å². The Balaban J connectivity index is 1.67. The Kier molecular flexibility index (Phi) is 8.09. The van der Waals surface area contributed by atoms with E-state index in [0.29, 0.717) is 22.9 Å². The van der Waals surface area contributed by atoms with Crippen LogP contribution < -0.4 is 5.32 Å². The molecule has 1 aromatic carbocycles. The van der Waals surface area contributed by atoms with E-state index in [0.717, 1.165) is 61.3 Å². The number of likely N-dealkylation sites (tertiary alicyclic amines) is 1. The van der Waals surface area contributed by atoms with Gasteiger partial charge in [0.25, 0.3) is 0 Å². The van der Waals surface area contributed by atoms with Crippen molar-refractivity contribution in [3.8, 4) is 11.1 Å². The van der Waals surface area contributed by atoms with Crippen molar-refractivity contribution in [3.63, 3.8) is 0 Å². The lowest BCUT2D eigenvalue weighted by molar-refractivity contribution is 0.149. The van der Waals surface area contributed by atoms with Gasteiger partial charge in [-0.1, -0.05) is 39.5 Å². The highest BCUT2D eigenvalue weighted by molar-refractivity contribution is 6.11. The number of hydrogen-bond donors (Lipinski definition) is 2. The fraction of sp³-hybridized carbons (Fsp3) is 0.500. The molecule has 0 atom stereocenters. The summed E-state index contributed by atoms with van der Waals surface area (Å²) >= 11 is 0. The van der Waals surface area contributed by atoms with Gasteiger partial charge in [0.1, 0.15) is 0 Å². The minimum atomic E-state index is 0.329. The van der Waals surface area contributed by atoms with Crippen LogP contribution in [0.3, 0.4) is 0 Å². The quantitative estimate of drug-likeness (QED) is 0.553. The molecule has 2 N–H and O–H groups in total. The standard InChI is InChI=1S/C28H41N5/c1-20-8-9-23(24-14-22(16-30-17-24)18-32(6)7)15-26(20)27(29)21(2)31-25-10-12-33(13-11-25)19-28(3,4)5/h8-9,14-17,25,29,31H,2,10-13,18-19H2,1,3-7H3. The molecule has 1 aliphatic rings. The molecule has 1 aromatic heterocycles. The molecule has 0 unspecified atom stereocenters. The number of piperidine rings is 1. The van der Waals surface area contributed by atoms with Gasteiger partial charge in [0.05, 0.1) is 11.4 Å². The first-order chi connectivity index (χ1) is 15.5. The Hall–Kier alpha value is -2.50. The van der Waals surface area contributed by atoms with E-state index in [2.05, 4.69) is 92.7 Å². The minimum absolute atomic E-state index is 0.329. The molecule has 5 heteroatoms. The van der Waals surface area contributed by atoms with Crippen LogP contribution in [0.4, 0.5) is 0 Å². The summed E-state index contributed by atoms with van der Waals surface area (Å²) < 4.78 is 0. The Bertz CT molecular complexity index is 978. The molecule has 33 heavy (non-hydrogen) atoms. The van der Waals surface area contributed by atoms with E-state index in [-0.39, 0.29) is 0 Å². The van der Waals surface area contributed by atoms with Gasteiger partial charge in [0.2, 0.25) is 0 Å². The molecule has 0 bridgehead atoms. The summed E-state index contributed by atoms with van der Waals surface area (Å²) in [4.78, 5) is 9.13. The predicted octanol–water partition coefficient (Wildman–Crippen LogP) is 5.10. The van der Waals surface area contributed by atoms with Gasteiger partial charge in [-0.15, -0.1) is 0 Å². The van der Waals surface area contributed by atoms with Crippen molar-refractivity contribution in [2.45, 2.75) is 53.1 Å². The molecular weight excluding hydrogens is 406 g/mol. The van der Waals surface area contributed by atoms with Crippen LogP contribution >= 0.6 is 0 Å². The molecule has 3 rings (SSSR count). The monoisotopic (exact) mass is 447 g/mol. The van der Waals surface area contributed by atoms with Crippen molar-refractivity contribution in [2.24, 2.45) is 5.41 Å². The highest BCUT2D eigenvalue weighted by Crippen LogP contribution is 2.25. The van der Waals surface area contributed by atoms with Crippen LogP contribution in [-0.4, -0.2) is 60.3 Å². The number of benzene rings is 1. The Morgan fingerprint density at radius 1 is 1.15 bits per heavy atom. The third kappa shape index (κ3) is 7.24. The highest BCUT2D eigenvalue weighted by atomic mass is 15.1. The second kappa shape index (κ2) is 10.6. The normalized spacial score (nSPS) is 15.6. The third-order valence-corrected chi connectivity index (χ3v) is 6.10. The summed E-state index contributed by atoms with van der Waals surface area (Å²) in [5, 5.41) is 12.4. The van der Waals surface area contributed by atoms with Crippen molar-refractivity contribution in [1.82, 2.24) is 20.1 Å². The number of nitrogens with one attached hydrogen (secondary N) is 2. The summed E-state index contributed by atoms with van der Waals surface area (Å²) in [6, 6.07) is 8.88. The second-order valence-electron chi connectivity index (χ2n) is 11.0. The van der Waals surface area contributed by atoms with E-state index in [1.165, 1.54) is 5.56 Å². The lowest BCUT2D eigenvalue weighted by Crippen LogP contribution is -2.45. The maximum Gasteiger partial charge on any atom is 0.0840 e. The first-order valence-corrected chi connectivity index (χ1v) is 12.0. The number of nitrogens with zero attached hydrogens (tertiary/aromatic N) is 3. The summed E-state index contributed by atoms with van der Waals surface area (Å²) in [5.74, 6) is 0. The van der Waals surface area contributed by atoms with Crippen LogP contribution in [0.15, 0.2) is 48.9 Å². The number of aryl methyl sites for hydroxylation is 1. The minimum Gasteiger partial charge on any atom is -0.381 e. The molecule has 178 valence electrons. The second-order valence-corrected chi connectivity index (χ2v) is 11.0. The van der Waals surface area contributed by atoms with Crippen LogP contribution in [0.5, 0.6) is 0 Å². The van der Waals surface area contributed by atoms with E-state index < -0.39 is 0 Å². The number of hydrogen-bond acceptors (Lipinski definition) is 5. The van der Waals surface area contributed by atoms with Gasteiger partial charge < -0.3 is 15.1 Å². The van der Waals surface area contributed by atoms with Crippen molar-refractivity contribution in [2.75, 3.05) is 33.7 Å². The largest absolute Gasteiger partial charge is 0.381 e. The highest BCUT2D eigenvalue weighted by Gasteiger charge is 2.24. The number of rotatable bonds is 8. The number of aromatic nitrogens is 1. The Labute approximate surface area is 200 Å². The fourth-order valence-electron chi connectivity index (χ4n) is 4.56. The first kappa shape index (κ1) is 25.1. The molecule has 0 radical (unpaired) electrons. The van der Waals surface area contributed by atoms with Crippen LogP contribution in [0.2, 0.25) is 0 Å². The van der Waals surface area contributed by atoms with Gasteiger partial charge >= 0.3 is 0 Å². The average Bonchev–Trinajstić information content (AvgIpc) is 2.73. The summed E-state index contributed by atoms with van der Waals surface area (Å²) in [6.07, 6.45) is 5.99. The summed E-state index contributed by atoms with van der Waals surface area (Å²) in [7, 11) is 4.12. The van der Waals surface area contributed by atoms with E-state index in [4.69, 9.17) is 5.41 Å². The maximum absolute atomic E-state index is 8.85. The molecule has 1 fully saturated rings. The van der Waals surface area contributed by atoms with Crippen LogP contribution in [-0.2, 0) is 6.54 Å². The van der Waals surface area contributed by atoms with Gasteiger partial charge in [-0.3, -0.25) is 10.4 Å². The van der Waals surface area contributed by atoms with Gasteiger partial charge in [-0.25, -0.2) is 0 Å². The SMILES string of the molecule is C=C(NC1CCN(CC(C)(C)C)CC1)C(=N)c1cc(-c2cncc(CN(C)C)c2)ccc1C. The average molecular weight is 448 g/mol. The Morgan fingerprint density at radius 2 is 1.85 bits per heavy atom. The molecule has 0 amide bonds. The smallest absolute Gasteiger partial charge is 0.0840 e. The van der Waals surface area contributed by atoms with Gasteiger partial charge in [0.15, 0.2) is 0 Å². The van der Waals surface area contributed by atoms with E-state index in [1.54, 1.807) is 0 Å². The van der Waals surface area contributed by atoms with Crippen LogP contribution in [0.1, 0.15) is 50.3 Å².